The number of nitrogens with zero attached hydrogens (tertiary/aromatic N) is 1. The molecule has 0 bridgehead atoms. The van der Waals surface area contributed by atoms with Crippen molar-refractivity contribution in [3.63, 3.8) is 0 Å². The third kappa shape index (κ3) is 2.95. The quantitative estimate of drug-likeness (QED) is 0.820. The molecule has 1 unspecified atom stereocenters. The zero-order chi connectivity index (χ0) is 11.4. The highest BCUT2D eigenvalue weighted by molar-refractivity contribution is 8.00. The van der Waals surface area contributed by atoms with Crippen LogP contribution in [0.2, 0.25) is 0 Å². The molecule has 2 heterocycles. The fourth-order valence-corrected chi connectivity index (χ4v) is 2.86. The monoisotopic (exact) mass is 240 g/mol. The van der Waals surface area contributed by atoms with Gasteiger partial charge in [0, 0.05) is 29.6 Å². The molecule has 2 rings (SSSR count). The first-order valence-corrected chi connectivity index (χ1v) is 6.32. The van der Waals surface area contributed by atoms with Crippen LogP contribution in [-0.2, 0) is 0 Å². The molecule has 1 amide bonds. The summed E-state index contributed by atoms with van der Waals surface area (Å²) in [4.78, 5) is 15.0. The molecule has 16 heavy (non-hydrogen) atoms. The molecule has 0 aromatic carbocycles. The fraction of sp³-hybridized carbons (Fsp3) is 0.455. The van der Waals surface area contributed by atoms with Gasteiger partial charge in [-0.3, -0.25) is 4.79 Å². The van der Waals surface area contributed by atoms with Crippen molar-refractivity contribution < 1.29 is 9.18 Å². The number of pyridine rings is 1. The molecule has 1 saturated heterocycles. The van der Waals surface area contributed by atoms with E-state index in [9.17, 15) is 9.18 Å². The first-order chi connectivity index (χ1) is 7.75. The first kappa shape index (κ1) is 11.4. The molecule has 5 heteroatoms. The predicted octanol–water partition coefficient (Wildman–Crippen LogP) is 1.85. The summed E-state index contributed by atoms with van der Waals surface area (Å²) in [5.41, 5.74) is 0.329. The summed E-state index contributed by atoms with van der Waals surface area (Å²) in [5.74, 6) is 0.321. The maximum absolute atomic E-state index is 12.8. The molecule has 1 N–H and O–H groups in total. The minimum atomic E-state index is -0.622. The highest BCUT2D eigenvalue weighted by atomic mass is 32.2. The summed E-state index contributed by atoms with van der Waals surface area (Å²) in [6.07, 6.45) is 3.67. The van der Waals surface area contributed by atoms with Crippen molar-refractivity contribution >= 4 is 17.7 Å². The maximum atomic E-state index is 12.8. The number of carbonyl (C=O) groups excluding carboxylic acids is 1. The van der Waals surface area contributed by atoms with Gasteiger partial charge in [0.05, 0.1) is 0 Å². The molecule has 0 saturated carbocycles. The van der Waals surface area contributed by atoms with E-state index in [1.807, 2.05) is 11.8 Å². The van der Waals surface area contributed by atoms with E-state index < -0.39 is 5.95 Å². The van der Waals surface area contributed by atoms with Gasteiger partial charge in [0.15, 0.2) is 0 Å². The van der Waals surface area contributed by atoms with E-state index in [1.165, 1.54) is 24.4 Å². The van der Waals surface area contributed by atoms with Crippen LogP contribution >= 0.6 is 11.8 Å². The number of hydrogen-bond acceptors (Lipinski definition) is 3. The van der Waals surface area contributed by atoms with Crippen LogP contribution in [0.25, 0.3) is 0 Å². The Morgan fingerprint density at radius 2 is 2.56 bits per heavy atom. The summed E-state index contributed by atoms with van der Waals surface area (Å²) >= 11 is 1.88. The van der Waals surface area contributed by atoms with Gasteiger partial charge >= 0.3 is 0 Å². The number of hydrogen-bond donors (Lipinski definition) is 1. The number of thioether (sulfide) groups is 1. The predicted molar refractivity (Wildman–Crippen MR) is 62.0 cm³/mol. The molecule has 3 nitrogen and oxygen atoms in total. The first-order valence-electron chi connectivity index (χ1n) is 5.27. The summed E-state index contributed by atoms with van der Waals surface area (Å²) in [6, 6.07) is 2.66. The van der Waals surface area contributed by atoms with E-state index in [1.54, 1.807) is 0 Å². The van der Waals surface area contributed by atoms with Crippen molar-refractivity contribution in [3.8, 4) is 0 Å². The standard InChI is InChI=1S/C11H13FN2OS/c12-10-6-8(3-4-13-10)11(15)14-7-9-2-1-5-16-9/h3-4,6,9H,1-2,5,7H2,(H,14,15). The Labute approximate surface area is 97.8 Å². The van der Waals surface area contributed by atoms with E-state index in [0.717, 1.165) is 12.5 Å². The minimum absolute atomic E-state index is 0.228. The van der Waals surface area contributed by atoms with Gasteiger partial charge in [-0.2, -0.15) is 16.2 Å². The van der Waals surface area contributed by atoms with Crippen molar-refractivity contribution in [2.75, 3.05) is 12.3 Å². The van der Waals surface area contributed by atoms with E-state index in [2.05, 4.69) is 10.3 Å². The maximum Gasteiger partial charge on any atom is 0.251 e. The highest BCUT2D eigenvalue weighted by Gasteiger charge is 2.16. The van der Waals surface area contributed by atoms with E-state index >= 15 is 0 Å². The molecule has 0 radical (unpaired) electrons. The third-order valence-corrected chi connectivity index (χ3v) is 3.90. The Bertz CT molecular complexity index is 380. The van der Waals surface area contributed by atoms with Gasteiger partial charge < -0.3 is 5.32 Å². The van der Waals surface area contributed by atoms with E-state index in [0.29, 0.717) is 17.4 Å². The molecule has 0 spiro atoms. The number of aromatic nitrogens is 1. The van der Waals surface area contributed by atoms with Crippen molar-refractivity contribution in [1.82, 2.24) is 10.3 Å². The Morgan fingerprint density at radius 1 is 1.69 bits per heavy atom. The van der Waals surface area contributed by atoms with Crippen LogP contribution in [0, 0.1) is 5.95 Å². The van der Waals surface area contributed by atoms with Gasteiger partial charge in [0.25, 0.3) is 5.91 Å². The molecule has 1 aromatic rings. The summed E-state index contributed by atoms with van der Waals surface area (Å²) < 4.78 is 12.8. The van der Waals surface area contributed by atoms with E-state index in [-0.39, 0.29) is 5.91 Å². The van der Waals surface area contributed by atoms with Crippen LogP contribution in [0.15, 0.2) is 18.3 Å². The number of carbonyl (C=O) groups is 1. The number of rotatable bonds is 3. The van der Waals surface area contributed by atoms with Crippen LogP contribution < -0.4 is 5.32 Å². The van der Waals surface area contributed by atoms with Crippen LogP contribution in [0.5, 0.6) is 0 Å². The Balaban J connectivity index is 1.87. The number of nitrogens with one attached hydrogen (secondary N) is 1. The lowest BCUT2D eigenvalue weighted by Crippen LogP contribution is -2.29. The Morgan fingerprint density at radius 3 is 3.25 bits per heavy atom. The van der Waals surface area contributed by atoms with Crippen molar-refractivity contribution in [3.05, 3.63) is 29.8 Å². The molecular weight excluding hydrogens is 227 g/mol. The molecule has 1 atom stereocenters. The van der Waals surface area contributed by atoms with Crippen molar-refractivity contribution in [2.24, 2.45) is 0 Å². The van der Waals surface area contributed by atoms with Gasteiger partial charge in [-0.15, -0.1) is 0 Å². The second kappa shape index (κ2) is 5.30. The van der Waals surface area contributed by atoms with Gasteiger partial charge in [-0.25, -0.2) is 4.98 Å². The Kier molecular flexibility index (Phi) is 3.77. The summed E-state index contributed by atoms with van der Waals surface area (Å²) in [6.45, 7) is 0.660. The van der Waals surface area contributed by atoms with Gasteiger partial charge in [-0.05, 0) is 24.7 Å². The van der Waals surface area contributed by atoms with Crippen LogP contribution in [0.4, 0.5) is 4.39 Å². The second-order valence-electron chi connectivity index (χ2n) is 3.71. The molecule has 1 aromatic heterocycles. The molecular formula is C11H13FN2OS. The highest BCUT2D eigenvalue weighted by Crippen LogP contribution is 2.25. The normalized spacial score (nSPS) is 19.7. The van der Waals surface area contributed by atoms with Crippen molar-refractivity contribution in [2.45, 2.75) is 18.1 Å². The smallest absolute Gasteiger partial charge is 0.251 e. The SMILES string of the molecule is O=C(NCC1CCCS1)c1ccnc(F)c1. The van der Waals surface area contributed by atoms with Crippen LogP contribution in [-0.4, -0.2) is 28.4 Å². The number of amides is 1. The van der Waals surface area contributed by atoms with Crippen molar-refractivity contribution in [1.29, 1.82) is 0 Å². The molecule has 1 fully saturated rings. The van der Waals surface area contributed by atoms with Crippen LogP contribution in [0.3, 0.4) is 0 Å². The minimum Gasteiger partial charge on any atom is -0.351 e. The third-order valence-electron chi connectivity index (χ3n) is 2.50. The zero-order valence-corrected chi connectivity index (χ0v) is 9.60. The lowest BCUT2D eigenvalue weighted by atomic mass is 10.2. The second-order valence-corrected chi connectivity index (χ2v) is 5.12. The summed E-state index contributed by atoms with van der Waals surface area (Å²) in [5, 5.41) is 3.32. The lowest BCUT2D eigenvalue weighted by Gasteiger charge is -2.09. The Hall–Kier alpha value is -1.10. The lowest BCUT2D eigenvalue weighted by molar-refractivity contribution is 0.0953. The van der Waals surface area contributed by atoms with Gasteiger partial charge in [0.1, 0.15) is 0 Å². The summed E-state index contributed by atoms with van der Waals surface area (Å²) in [7, 11) is 0. The largest absolute Gasteiger partial charge is 0.351 e. The van der Waals surface area contributed by atoms with Gasteiger partial charge in [-0.1, -0.05) is 0 Å². The zero-order valence-electron chi connectivity index (χ0n) is 8.78. The molecule has 86 valence electrons. The van der Waals surface area contributed by atoms with E-state index in [4.69, 9.17) is 0 Å². The molecule has 1 aliphatic rings. The number of halogens is 1. The van der Waals surface area contributed by atoms with Gasteiger partial charge in [0.2, 0.25) is 5.95 Å². The topological polar surface area (TPSA) is 42.0 Å². The van der Waals surface area contributed by atoms with Crippen LogP contribution in [0.1, 0.15) is 23.2 Å². The molecule has 0 aliphatic carbocycles. The fourth-order valence-electron chi connectivity index (χ4n) is 1.66. The average molecular weight is 240 g/mol. The molecule has 1 aliphatic heterocycles. The average Bonchev–Trinajstić information content (AvgIpc) is 2.78.